The lowest BCUT2D eigenvalue weighted by Crippen LogP contribution is -2.48. The Labute approximate surface area is 126 Å². The highest BCUT2D eigenvalue weighted by Gasteiger charge is 2.26. The number of anilines is 1. The highest BCUT2D eigenvalue weighted by atomic mass is 16.5. The molecular formula is C16H22N4O. The first-order chi connectivity index (χ1) is 10.2. The van der Waals surface area contributed by atoms with E-state index in [1.807, 2.05) is 6.07 Å². The van der Waals surface area contributed by atoms with Crippen molar-refractivity contribution in [2.45, 2.75) is 32.0 Å². The summed E-state index contributed by atoms with van der Waals surface area (Å²) < 4.78 is 5.90. The molecule has 2 saturated heterocycles. The van der Waals surface area contributed by atoms with Gasteiger partial charge in [0.05, 0.1) is 23.8 Å². The van der Waals surface area contributed by atoms with Gasteiger partial charge in [-0.3, -0.25) is 4.90 Å². The van der Waals surface area contributed by atoms with Crippen LogP contribution in [0.3, 0.4) is 0 Å². The molecule has 2 aliphatic rings. The second kappa shape index (κ2) is 6.42. The number of aromatic nitrogens is 1. The highest BCUT2D eigenvalue weighted by molar-refractivity contribution is 5.45. The normalized spacial score (nSPS) is 26.8. The van der Waals surface area contributed by atoms with Gasteiger partial charge >= 0.3 is 0 Å². The third-order valence-corrected chi connectivity index (χ3v) is 4.35. The van der Waals surface area contributed by atoms with Crippen LogP contribution in [0.1, 0.15) is 25.3 Å². The molecule has 3 rings (SSSR count). The maximum Gasteiger partial charge on any atom is 0.129 e. The van der Waals surface area contributed by atoms with Crippen LogP contribution in [-0.2, 0) is 4.74 Å². The predicted octanol–water partition coefficient (Wildman–Crippen LogP) is 1.64. The zero-order valence-corrected chi connectivity index (χ0v) is 12.5. The Morgan fingerprint density at radius 2 is 2.14 bits per heavy atom. The summed E-state index contributed by atoms with van der Waals surface area (Å²) >= 11 is 0. The summed E-state index contributed by atoms with van der Waals surface area (Å²) in [6, 6.07) is 5.79. The number of rotatable bonds is 3. The number of hydrogen-bond acceptors (Lipinski definition) is 5. The summed E-state index contributed by atoms with van der Waals surface area (Å²) in [7, 11) is 0. The van der Waals surface area contributed by atoms with Gasteiger partial charge < -0.3 is 9.64 Å². The number of nitriles is 1. The fourth-order valence-electron chi connectivity index (χ4n) is 3.13. The predicted molar refractivity (Wildman–Crippen MR) is 81.2 cm³/mol. The Bertz CT molecular complexity index is 519. The molecule has 3 heterocycles. The van der Waals surface area contributed by atoms with Crippen LogP contribution < -0.4 is 4.90 Å². The lowest BCUT2D eigenvalue weighted by Gasteiger charge is -2.36. The zero-order chi connectivity index (χ0) is 14.7. The molecule has 0 aromatic carbocycles. The molecule has 2 unspecified atom stereocenters. The molecule has 1 aromatic heterocycles. The Kier molecular flexibility index (Phi) is 4.37. The number of nitrogens with zero attached hydrogens (tertiary/aromatic N) is 4. The van der Waals surface area contributed by atoms with Crippen molar-refractivity contribution in [1.29, 1.82) is 5.26 Å². The van der Waals surface area contributed by atoms with Gasteiger partial charge in [0.25, 0.3) is 0 Å². The van der Waals surface area contributed by atoms with Crippen molar-refractivity contribution in [3.05, 3.63) is 23.9 Å². The van der Waals surface area contributed by atoms with E-state index in [1.54, 1.807) is 12.3 Å². The average Bonchev–Trinajstić information content (AvgIpc) is 2.93. The minimum absolute atomic E-state index is 0.409. The Hall–Kier alpha value is -1.64. The van der Waals surface area contributed by atoms with Gasteiger partial charge in [-0.1, -0.05) is 0 Å². The van der Waals surface area contributed by atoms with Gasteiger partial charge in [-0.25, -0.2) is 4.98 Å². The molecule has 112 valence electrons. The molecule has 0 N–H and O–H groups in total. The number of pyridine rings is 1. The van der Waals surface area contributed by atoms with Crippen molar-refractivity contribution in [3.63, 3.8) is 0 Å². The second-order valence-corrected chi connectivity index (χ2v) is 5.95. The third kappa shape index (κ3) is 3.52. The first-order valence-corrected chi connectivity index (χ1v) is 7.73. The Morgan fingerprint density at radius 3 is 2.81 bits per heavy atom. The van der Waals surface area contributed by atoms with Crippen LogP contribution in [0.15, 0.2) is 18.3 Å². The Morgan fingerprint density at radius 1 is 1.33 bits per heavy atom. The summed E-state index contributed by atoms with van der Waals surface area (Å²) in [4.78, 5) is 9.12. The van der Waals surface area contributed by atoms with Gasteiger partial charge in [-0.15, -0.1) is 0 Å². The minimum Gasteiger partial charge on any atom is -0.374 e. The van der Waals surface area contributed by atoms with E-state index in [2.05, 4.69) is 27.8 Å². The average molecular weight is 286 g/mol. The molecule has 2 atom stereocenters. The van der Waals surface area contributed by atoms with Crippen LogP contribution in [-0.4, -0.2) is 54.8 Å². The van der Waals surface area contributed by atoms with E-state index in [0.717, 1.165) is 38.5 Å². The van der Waals surface area contributed by atoms with E-state index in [0.29, 0.717) is 17.8 Å². The van der Waals surface area contributed by atoms with Crippen molar-refractivity contribution in [3.8, 4) is 6.07 Å². The van der Waals surface area contributed by atoms with Crippen LogP contribution in [0.25, 0.3) is 0 Å². The molecular weight excluding hydrogens is 264 g/mol. The monoisotopic (exact) mass is 286 g/mol. The van der Waals surface area contributed by atoms with Crippen LogP contribution in [0.4, 0.5) is 5.82 Å². The SMILES string of the molecule is CC1CCC(CN2CCN(c3cc(C#N)ccn3)CC2)O1. The highest BCUT2D eigenvalue weighted by Crippen LogP contribution is 2.21. The van der Waals surface area contributed by atoms with Crippen LogP contribution in [0.2, 0.25) is 0 Å². The zero-order valence-electron chi connectivity index (χ0n) is 12.5. The van der Waals surface area contributed by atoms with E-state index in [1.165, 1.54) is 12.8 Å². The minimum atomic E-state index is 0.409. The molecule has 0 saturated carbocycles. The van der Waals surface area contributed by atoms with E-state index in [4.69, 9.17) is 10.00 Å². The molecule has 0 spiro atoms. The van der Waals surface area contributed by atoms with E-state index in [-0.39, 0.29) is 0 Å². The molecule has 5 heteroatoms. The second-order valence-electron chi connectivity index (χ2n) is 5.95. The maximum absolute atomic E-state index is 8.96. The van der Waals surface area contributed by atoms with Crippen molar-refractivity contribution >= 4 is 5.82 Å². The molecule has 2 aliphatic heterocycles. The standard InChI is InChI=1S/C16H22N4O/c1-13-2-3-15(21-13)12-19-6-8-20(9-7-19)16-10-14(11-17)4-5-18-16/h4-5,10,13,15H,2-3,6-9,12H2,1H3. The first-order valence-electron chi connectivity index (χ1n) is 7.73. The number of ether oxygens (including phenoxy) is 1. The number of piperazine rings is 1. The maximum atomic E-state index is 8.96. The molecule has 5 nitrogen and oxygen atoms in total. The fraction of sp³-hybridized carbons (Fsp3) is 0.625. The van der Waals surface area contributed by atoms with Crippen molar-refractivity contribution < 1.29 is 4.74 Å². The van der Waals surface area contributed by atoms with Gasteiger partial charge in [0.2, 0.25) is 0 Å². The summed E-state index contributed by atoms with van der Waals surface area (Å²) in [5.74, 6) is 0.916. The van der Waals surface area contributed by atoms with E-state index < -0.39 is 0 Å². The molecule has 21 heavy (non-hydrogen) atoms. The number of hydrogen-bond donors (Lipinski definition) is 0. The summed E-state index contributed by atoms with van der Waals surface area (Å²) in [6.45, 7) is 7.20. The van der Waals surface area contributed by atoms with E-state index in [9.17, 15) is 0 Å². The van der Waals surface area contributed by atoms with Crippen molar-refractivity contribution in [2.24, 2.45) is 0 Å². The summed E-state index contributed by atoms with van der Waals surface area (Å²) in [6.07, 6.45) is 4.93. The lowest BCUT2D eigenvalue weighted by molar-refractivity contribution is 0.0303. The summed E-state index contributed by atoms with van der Waals surface area (Å²) in [5, 5.41) is 8.96. The quantitative estimate of drug-likeness (QED) is 0.845. The topological polar surface area (TPSA) is 52.4 Å². The molecule has 0 amide bonds. The first kappa shape index (κ1) is 14.3. The van der Waals surface area contributed by atoms with Crippen LogP contribution in [0, 0.1) is 11.3 Å². The molecule has 1 aromatic rings. The molecule has 2 fully saturated rings. The fourth-order valence-corrected chi connectivity index (χ4v) is 3.13. The molecule has 0 bridgehead atoms. The van der Waals surface area contributed by atoms with Gasteiger partial charge in [0.15, 0.2) is 0 Å². The lowest BCUT2D eigenvalue weighted by atomic mass is 10.2. The third-order valence-electron chi connectivity index (χ3n) is 4.35. The van der Waals surface area contributed by atoms with E-state index >= 15 is 0 Å². The van der Waals surface area contributed by atoms with Gasteiger partial charge in [0.1, 0.15) is 5.82 Å². The molecule has 0 radical (unpaired) electrons. The van der Waals surface area contributed by atoms with Gasteiger partial charge in [-0.2, -0.15) is 5.26 Å². The van der Waals surface area contributed by atoms with Crippen LogP contribution in [0.5, 0.6) is 0 Å². The van der Waals surface area contributed by atoms with Gasteiger partial charge in [0, 0.05) is 38.9 Å². The van der Waals surface area contributed by atoms with Crippen LogP contribution >= 0.6 is 0 Å². The smallest absolute Gasteiger partial charge is 0.129 e. The summed E-state index contributed by atoms with van der Waals surface area (Å²) in [5.41, 5.74) is 0.677. The Balaban J connectivity index is 1.51. The molecule has 0 aliphatic carbocycles. The van der Waals surface area contributed by atoms with Gasteiger partial charge in [-0.05, 0) is 31.9 Å². The largest absolute Gasteiger partial charge is 0.374 e. The van der Waals surface area contributed by atoms with Crippen molar-refractivity contribution in [1.82, 2.24) is 9.88 Å². The van der Waals surface area contributed by atoms with Crippen molar-refractivity contribution in [2.75, 3.05) is 37.6 Å².